The van der Waals surface area contributed by atoms with Gasteiger partial charge in [-0.3, -0.25) is 4.68 Å². The lowest BCUT2D eigenvalue weighted by molar-refractivity contribution is 0.0605. The molecule has 4 aromatic rings. The second-order valence-corrected chi connectivity index (χ2v) is 8.21. The quantitative estimate of drug-likeness (QED) is 0.439. The van der Waals surface area contributed by atoms with Gasteiger partial charge in [-0.1, -0.05) is 30.3 Å². The predicted molar refractivity (Wildman–Crippen MR) is 118 cm³/mol. The Labute approximate surface area is 179 Å². The number of carbonyl (C=O) groups is 1. The summed E-state index contributed by atoms with van der Waals surface area (Å²) in [7, 11) is 3.38. The minimum atomic E-state index is -0.344. The van der Waals surface area contributed by atoms with Gasteiger partial charge in [-0.05, 0) is 25.0 Å². The average molecular weight is 422 g/mol. The number of benzene rings is 1. The number of carbonyl (C=O) groups excluding carboxylic acids is 1. The second kappa shape index (κ2) is 8.23. The summed E-state index contributed by atoms with van der Waals surface area (Å²) in [4.78, 5) is 24.8. The number of anilines is 1. The minimum absolute atomic E-state index is 0.344. The molecule has 0 radical (unpaired) electrons. The van der Waals surface area contributed by atoms with Gasteiger partial charge in [0.2, 0.25) is 0 Å². The Hall–Kier alpha value is -3.26. The molecule has 0 spiro atoms. The molecule has 3 aromatic heterocycles. The van der Waals surface area contributed by atoms with Gasteiger partial charge in [0.25, 0.3) is 0 Å². The monoisotopic (exact) mass is 421 g/mol. The van der Waals surface area contributed by atoms with Crippen LogP contribution in [0.4, 0.5) is 5.82 Å². The number of rotatable bonds is 6. The van der Waals surface area contributed by atoms with Crippen LogP contribution >= 0.6 is 11.3 Å². The molecule has 3 heterocycles. The van der Waals surface area contributed by atoms with Gasteiger partial charge in [0.05, 0.1) is 25.2 Å². The van der Waals surface area contributed by atoms with E-state index in [-0.39, 0.29) is 5.97 Å². The summed E-state index contributed by atoms with van der Waals surface area (Å²) in [6.07, 6.45) is 3.93. The van der Waals surface area contributed by atoms with Gasteiger partial charge in [-0.2, -0.15) is 5.10 Å². The van der Waals surface area contributed by atoms with E-state index in [1.807, 2.05) is 50.0 Å². The van der Waals surface area contributed by atoms with Crippen molar-refractivity contribution in [3.05, 3.63) is 70.1 Å². The van der Waals surface area contributed by atoms with Crippen molar-refractivity contribution in [3.63, 3.8) is 0 Å². The molecule has 0 fully saturated rings. The van der Waals surface area contributed by atoms with Crippen molar-refractivity contribution in [1.82, 2.24) is 19.7 Å². The van der Waals surface area contributed by atoms with Crippen LogP contribution in [0.2, 0.25) is 0 Å². The Morgan fingerprint density at radius 3 is 2.67 bits per heavy atom. The van der Waals surface area contributed by atoms with E-state index in [9.17, 15) is 4.79 Å². The summed E-state index contributed by atoms with van der Waals surface area (Å²) >= 11 is 1.35. The maximum Gasteiger partial charge on any atom is 0.348 e. The van der Waals surface area contributed by atoms with E-state index >= 15 is 0 Å². The van der Waals surface area contributed by atoms with Gasteiger partial charge in [0, 0.05) is 25.4 Å². The van der Waals surface area contributed by atoms with Crippen LogP contribution in [0, 0.1) is 13.8 Å². The Morgan fingerprint density at radius 1 is 1.17 bits per heavy atom. The van der Waals surface area contributed by atoms with Crippen LogP contribution in [0.3, 0.4) is 0 Å². The number of ether oxygens (including phenoxy) is 1. The first kappa shape index (κ1) is 20.0. The lowest BCUT2D eigenvalue weighted by Crippen LogP contribution is -2.18. The summed E-state index contributed by atoms with van der Waals surface area (Å²) < 4.78 is 6.86. The van der Waals surface area contributed by atoms with Crippen LogP contribution in [0.5, 0.6) is 0 Å². The van der Waals surface area contributed by atoms with Gasteiger partial charge in [0.1, 0.15) is 21.3 Å². The molecule has 0 unspecified atom stereocenters. The van der Waals surface area contributed by atoms with Crippen molar-refractivity contribution < 1.29 is 9.53 Å². The molecule has 0 saturated heterocycles. The fourth-order valence-electron chi connectivity index (χ4n) is 3.48. The van der Waals surface area contributed by atoms with Crippen LogP contribution in [-0.2, 0) is 17.8 Å². The van der Waals surface area contributed by atoms with Crippen molar-refractivity contribution in [2.75, 3.05) is 19.1 Å². The Kier molecular flexibility index (Phi) is 5.50. The smallest absolute Gasteiger partial charge is 0.348 e. The highest BCUT2D eigenvalue weighted by Crippen LogP contribution is 2.35. The third-order valence-electron chi connectivity index (χ3n) is 4.91. The summed E-state index contributed by atoms with van der Waals surface area (Å²) in [6, 6.07) is 10.2. The molecule has 30 heavy (non-hydrogen) atoms. The van der Waals surface area contributed by atoms with Crippen molar-refractivity contribution in [1.29, 1.82) is 0 Å². The lowest BCUT2D eigenvalue weighted by atomic mass is 10.2. The fraction of sp³-hybridized carbons (Fsp3) is 0.273. The zero-order chi connectivity index (χ0) is 21.3. The predicted octanol–water partition coefficient (Wildman–Crippen LogP) is 3.98. The molecule has 154 valence electrons. The molecule has 7 nitrogen and oxygen atoms in total. The van der Waals surface area contributed by atoms with Crippen molar-refractivity contribution in [3.8, 4) is 0 Å². The van der Waals surface area contributed by atoms with E-state index < -0.39 is 0 Å². The zero-order valence-electron chi connectivity index (χ0n) is 17.4. The summed E-state index contributed by atoms with van der Waals surface area (Å²) in [5, 5.41) is 5.39. The van der Waals surface area contributed by atoms with Crippen LogP contribution in [-0.4, -0.2) is 39.9 Å². The van der Waals surface area contributed by atoms with Gasteiger partial charge in [-0.25, -0.2) is 14.8 Å². The largest absolute Gasteiger partial charge is 0.465 e. The minimum Gasteiger partial charge on any atom is -0.465 e. The molecule has 1 aromatic carbocycles. The van der Waals surface area contributed by atoms with Crippen molar-refractivity contribution in [2.45, 2.75) is 26.9 Å². The number of hydrogen-bond acceptors (Lipinski definition) is 7. The SMILES string of the molecule is COC(=O)c1sc2nc(C)nc(N(C)Cc3cnn(Cc4ccccc4)c3)c2c1C. The van der Waals surface area contributed by atoms with E-state index in [2.05, 4.69) is 38.3 Å². The van der Waals surface area contributed by atoms with Crippen LogP contribution < -0.4 is 4.90 Å². The third-order valence-corrected chi connectivity index (χ3v) is 6.07. The zero-order valence-corrected chi connectivity index (χ0v) is 18.2. The molecule has 0 atom stereocenters. The summed E-state index contributed by atoms with van der Waals surface area (Å²) in [5.74, 6) is 1.13. The number of hydrogen-bond donors (Lipinski definition) is 0. The highest BCUT2D eigenvalue weighted by molar-refractivity contribution is 7.20. The topological polar surface area (TPSA) is 73.1 Å². The number of methoxy groups -OCH3 is 1. The van der Waals surface area contributed by atoms with Crippen molar-refractivity contribution in [2.24, 2.45) is 0 Å². The average Bonchev–Trinajstić information content (AvgIpc) is 3.31. The van der Waals surface area contributed by atoms with Gasteiger partial charge in [-0.15, -0.1) is 11.3 Å². The first-order valence-corrected chi connectivity index (χ1v) is 10.4. The fourth-order valence-corrected chi connectivity index (χ4v) is 4.62. The van der Waals surface area contributed by atoms with Crippen LogP contribution in [0.25, 0.3) is 10.2 Å². The maximum atomic E-state index is 12.1. The summed E-state index contributed by atoms with van der Waals surface area (Å²) in [6.45, 7) is 5.15. The molecular weight excluding hydrogens is 398 g/mol. The third kappa shape index (κ3) is 3.91. The first-order valence-electron chi connectivity index (χ1n) is 9.58. The molecule has 0 aliphatic heterocycles. The van der Waals surface area contributed by atoms with E-state index in [4.69, 9.17) is 4.74 Å². The van der Waals surface area contributed by atoms with Crippen molar-refractivity contribution >= 4 is 33.3 Å². The van der Waals surface area contributed by atoms with Gasteiger partial charge >= 0.3 is 5.97 Å². The standard InChI is InChI=1S/C22H23N5O2S/c1-14-18-20(24-15(2)25-21(18)30-19(14)22(28)29-4)26(3)11-17-10-23-27(13-17)12-16-8-6-5-7-9-16/h5-10,13H,11-12H2,1-4H3. The molecule has 8 heteroatoms. The Morgan fingerprint density at radius 2 is 1.93 bits per heavy atom. The molecule has 0 aliphatic carbocycles. The maximum absolute atomic E-state index is 12.1. The van der Waals surface area contributed by atoms with Gasteiger partial charge < -0.3 is 9.64 Å². The molecular formula is C22H23N5O2S. The Bertz CT molecular complexity index is 1200. The highest BCUT2D eigenvalue weighted by Gasteiger charge is 2.22. The molecule has 0 bridgehead atoms. The normalized spacial score (nSPS) is 11.1. The number of fused-ring (bicyclic) bond motifs is 1. The van der Waals surface area contributed by atoms with E-state index in [1.165, 1.54) is 24.0 Å². The number of aryl methyl sites for hydroxylation is 2. The van der Waals surface area contributed by atoms with E-state index in [0.29, 0.717) is 17.2 Å². The van der Waals surface area contributed by atoms with Crippen LogP contribution in [0.1, 0.15) is 32.2 Å². The summed E-state index contributed by atoms with van der Waals surface area (Å²) in [5.41, 5.74) is 3.14. The molecule has 0 aliphatic rings. The highest BCUT2D eigenvalue weighted by atomic mass is 32.1. The lowest BCUT2D eigenvalue weighted by Gasteiger charge is -2.19. The Balaban J connectivity index is 1.61. The van der Waals surface area contributed by atoms with Crippen LogP contribution in [0.15, 0.2) is 42.7 Å². The molecule has 0 N–H and O–H groups in total. The van der Waals surface area contributed by atoms with E-state index in [1.54, 1.807) is 0 Å². The molecule has 4 rings (SSSR count). The number of esters is 1. The number of nitrogens with zero attached hydrogens (tertiary/aromatic N) is 5. The van der Waals surface area contributed by atoms with E-state index in [0.717, 1.165) is 33.7 Å². The number of thiophene rings is 1. The molecule has 0 saturated carbocycles. The second-order valence-electron chi connectivity index (χ2n) is 7.21. The first-order chi connectivity index (χ1) is 14.5. The van der Waals surface area contributed by atoms with Gasteiger partial charge in [0.15, 0.2) is 0 Å². The number of aromatic nitrogens is 4. The molecule has 0 amide bonds.